The first kappa shape index (κ1) is 13.8. The maximum Gasteiger partial charge on any atom is 0.0551 e. The van der Waals surface area contributed by atoms with Gasteiger partial charge in [0.15, 0.2) is 0 Å². The Bertz CT molecular complexity index is 376. The molecule has 0 aromatic heterocycles. The van der Waals surface area contributed by atoms with E-state index in [1.807, 2.05) is 19.1 Å². The first-order valence-corrected chi connectivity index (χ1v) is 6.54. The molecule has 1 nitrogen and oxygen atoms in total. The molecule has 0 fully saturated rings. The highest BCUT2D eigenvalue weighted by Gasteiger charge is 2.11. The molecule has 0 spiro atoms. The van der Waals surface area contributed by atoms with Crippen LogP contribution in [-0.2, 0) is 0 Å². The molecule has 0 saturated carbocycles. The molecule has 88 valence electrons. The molecule has 0 bridgehead atoms. The largest absolute Gasteiger partial charge is 0.310 e. The van der Waals surface area contributed by atoms with Gasteiger partial charge in [-0.05, 0) is 53.5 Å². The van der Waals surface area contributed by atoms with Gasteiger partial charge in [-0.1, -0.05) is 30.2 Å². The van der Waals surface area contributed by atoms with E-state index < -0.39 is 0 Å². The standard InChI is InChI=1S/C13H17BrClN/c1-4-16-13(7-9(2)3)10-5-6-11(14)12(15)8-10/h5-6,8,13,16H,2,4,7H2,1,3H3. The number of hydrogen-bond acceptors (Lipinski definition) is 1. The summed E-state index contributed by atoms with van der Waals surface area (Å²) in [6, 6.07) is 6.38. The van der Waals surface area contributed by atoms with E-state index in [0.29, 0.717) is 6.04 Å². The van der Waals surface area contributed by atoms with Crippen molar-refractivity contribution < 1.29 is 0 Å². The fourth-order valence-corrected chi connectivity index (χ4v) is 2.07. The molecule has 1 unspecified atom stereocenters. The molecule has 0 aliphatic carbocycles. The van der Waals surface area contributed by atoms with Gasteiger partial charge in [-0.25, -0.2) is 0 Å². The Kier molecular flexibility index (Phi) is 5.53. The molecule has 0 saturated heterocycles. The summed E-state index contributed by atoms with van der Waals surface area (Å²) in [5.74, 6) is 0. The van der Waals surface area contributed by atoms with Crippen molar-refractivity contribution in [3.8, 4) is 0 Å². The van der Waals surface area contributed by atoms with Crippen LogP contribution < -0.4 is 5.32 Å². The smallest absolute Gasteiger partial charge is 0.0551 e. The molecule has 0 heterocycles. The third kappa shape index (κ3) is 3.93. The maximum atomic E-state index is 6.10. The number of rotatable bonds is 5. The van der Waals surface area contributed by atoms with E-state index in [2.05, 4.69) is 40.8 Å². The van der Waals surface area contributed by atoms with Gasteiger partial charge in [0.25, 0.3) is 0 Å². The molecule has 1 atom stereocenters. The van der Waals surface area contributed by atoms with Crippen molar-refractivity contribution in [2.24, 2.45) is 0 Å². The van der Waals surface area contributed by atoms with Crippen molar-refractivity contribution in [1.29, 1.82) is 0 Å². The van der Waals surface area contributed by atoms with E-state index in [0.717, 1.165) is 22.5 Å². The molecule has 3 heteroatoms. The molecule has 0 amide bonds. The Morgan fingerprint density at radius 1 is 1.56 bits per heavy atom. The Hall–Kier alpha value is -0.310. The number of nitrogens with one attached hydrogen (secondary N) is 1. The van der Waals surface area contributed by atoms with Gasteiger partial charge in [0, 0.05) is 10.5 Å². The summed E-state index contributed by atoms with van der Waals surface area (Å²) in [5, 5.41) is 4.19. The summed E-state index contributed by atoms with van der Waals surface area (Å²) in [6.45, 7) is 9.05. The zero-order valence-corrected chi connectivity index (χ0v) is 12.0. The summed E-state index contributed by atoms with van der Waals surface area (Å²) in [7, 11) is 0. The molecule has 1 N–H and O–H groups in total. The molecular formula is C13H17BrClN. The third-order valence-corrected chi connectivity index (χ3v) is 3.58. The maximum absolute atomic E-state index is 6.10. The van der Waals surface area contributed by atoms with E-state index in [1.54, 1.807) is 0 Å². The predicted octanol–water partition coefficient (Wildman–Crippen LogP) is 4.72. The average Bonchev–Trinajstić information content (AvgIpc) is 2.21. The Balaban J connectivity index is 2.91. The monoisotopic (exact) mass is 301 g/mol. The van der Waals surface area contributed by atoms with Crippen LogP contribution in [0.2, 0.25) is 5.02 Å². The SMILES string of the molecule is C=C(C)CC(NCC)c1ccc(Br)c(Cl)c1. The fraction of sp³-hybridized carbons (Fsp3) is 0.385. The van der Waals surface area contributed by atoms with Crippen LogP contribution in [0, 0.1) is 0 Å². The molecule has 0 aliphatic heterocycles. The van der Waals surface area contributed by atoms with E-state index in [1.165, 1.54) is 11.1 Å². The normalized spacial score (nSPS) is 12.5. The van der Waals surface area contributed by atoms with Crippen LogP contribution in [-0.4, -0.2) is 6.54 Å². The van der Waals surface area contributed by atoms with Crippen molar-refractivity contribution in [1.82, 2.24) is 5.32 Å². The topological polar surface area (TPSA) is 12.0 Å². The lowest BCUT2D eigenvalue weighted by atomic mass is 10.0. The zero-order chi connectivity index (χ0) is 12.1. The van der Waals surface area contributed by atoms with Crippen LogP contribution in [0.1, 0.15) is 31.9 Å². The van der Waals surface area contributed by atoms with Crippen LogP contribution in [0.25, 0.3) is 0 Å². The lowest BCUT2D eigenvalue weighted by molar-refractivity contribution is 0.548. The Morgan fingerprint density at radius 3 is 2.75 bits per heavy atom. The van der Waals surface area contributed by atoms with E-state index >= 15 is 0 Å². The van der Waals surface area contributed by atoms with E-state index in [-0.39, 0.29) is 0 Å². The molecule has 1 rings (SSSR count). The second-order valence-electron chi connectivity index (χ2n) is 3.95. The highest BCUT2D eigenvalue weighted by Crippen LogP contribution is 2.28. The van der Waals surface area contributed by atoms with Crippen LogP contribution in [0.5, 0.6) is 0 Å². The fourth-order valence-electron chi connectivity index (χ4n) is 1.63. The molecule has 1 aromatic rings. The summed E-state index contributed by atoms with van der Waals surface area (Å²) < 4.78 is 0.934. The third-order valence-electron chi connectivity index (χ3n) is 2.35. The van der Waals surface area contributed by atoms with Crippen LogP contribution in [0.3, 0.4) is 0 Å². The number of halogens is 2. The van der Waals surface area contributed by atoms with Crippen molar-refractivity contribution in [2.45, 2.75) is 26.3 Å². The first-order chi connectivity index (χ1) is 7.54. The zero-order valence-electron chi connectivity index (χ0n) is 9.69. The van der Waals surface area contributed by atoms with Gasteiger partial charge in [0.2, 0.25) is 0 Å². The van der Waals surface area contributed by atoms with Gasteiger partial charge in [0.05, 0.1) is 5.02 Å². The molecular weight excluding hydrogens is 286 g/mol. The minimum absolute atomic E-state index is 0.299. The van der Waals surface area contributed by atoms with Gasteiger partial charge in [-0.2, -0.15) is 0 Å². The first-order valence-electron chi connectivity index (χ1n) is 5.37. The second-order valence-corrected chi connectivity index (χ2v) is 5.21. The molecule has 1 aromatic carbocycles. The van der Waals surface area contributed by atoms with Gasteiger partial charge in [0.1, 0.15) is 0 Å². The van der Waals surface area contributed by atoms with Gasteiger partial charge < -0.3 is 5.32 Å². The summed E-state index contributed by atoms with van der Waals surface area (Å²) >= 11 is 9.50. The molecule has 0 aliphatic rings. The minimum atomic E-state index is 0.299. The number of benzene rings is 1. The van der Waals surface area contributed by atoms with E-state index in [9.17, 15) is 0 Å². The minimum Gasteiger partial charge on any atom is -0.310 e. The lowest BCUT2D eigenvalue weighted by Crippen LogP contribution is -2.21. The quantitative estimate of drug-likeness (QED) is 0.776. The van der Waals surface area contributed by atoms with Crippen LogP contribution in [0.4, 0.5) is 0 Å². The van der Waals surface area contributed by atoms with Crippen LogP contribution >= 0.6 is 27.5 Å². The van der Waals surface area contributed by atoms with Crippen molar-refractivity contribution in [3.63, 3.8) is 0 Å². The summed E-state index contributed by atoms with van der Waals surface area (Å²) in [4.78, 5) is 0. The molecule has 0 radical (unpaired) electrons. The van der Waals surface area contributed by atoms with Crippen molar-refractivity contribution >= 4 is 27.5 Å². The summed E-state index contributed by atoms with van der Waals surface area (Å²) in [6.07, 6.45) is 0.936. The number of hydrogen-bond donors (Lipinski definition) is 1. The predicted molar refractivity (Wildman–Crippen MR) is 75.0 cm³/mol. The van der Waals surface area contributed by atoms with Gasteiger partial charge >= 0.3 is 0 Å². The van der Waals surface area contributed by atoms with E-state index in [4.69, 9.17) is 11.6 Å². The summed E-state index contributed by atoms with van der Waals surface area (Å²) in [5.41, 5.74) is 2.38. The van der Waals surface area contributed by atoms with Gasteiger partial charge in [-0.3, -0.25) is 0 Å². The van der Waals surface area contributed by atoms with Crippen molar-refractivity contribution in [2.75, 3.05) is 6.54 Å². The molecule has 16 heavy (non-hydrogen) atoms. The van der Waals surface area contributed by atoms with Crippen molar-refractivity contribution in [3.05, 3.63) is 45.4 Å². The highest BCUT2D eigenvalue weighted by atomic mass is 79.9. The van der Waals surface area contributed by atoms with Gasteiger partial charge in [-0.15, -0.1) is 6.58 Å². The van der Waals surface area contributed by atoms with Crippen LogP contribution in [0.15, 0.2) is 34.8 Å². The lowest BCUT2D eigenvalue weighted by Gasteiger charge is -2.19. The second kappa shape index (κ2) is 6.43. The average molecular weight is 303 g/mol. The Labute approximate surface area is 111 Å². The highest BCUT2D eigenvalue weighted by molar-refractivity contribution is 9.10. The Morgan fingerprint density at radius 2 is 2.25 bits per heavy atom.